The number of benzene rings is 1. The molecule has 0 aromatic heterocycles. The van der Waals surface area contributed by atoms with E-state index in [0.717, 1.165) is 6.26 Å². The number of rotatable bonds is 6. The monoisotopic (exact) mass is 375 g/mol. The fourth-order valence-corrected chi connectivity index (χ4v) is 5.35. The molecule has 0 bridgehead atoms. The smallest absolute Gasteiger partial charge is 0.261 e. The maximum Gasteiger partial charge on any atom is 0.261 e. The van der Waals surface area contributed by atoms with Crippen molar-refractivity contribution in [2.24, 2.45) is 0 Å². The molecule has 0 unspecified atom stereocenters. The summed E-state index contributed by atoms with van der Waals surface area (Å²) in [7, 11) is -5.94. The second-order valence-electron chi connectivity index (χ2n) is 4.47. The van der Waals surface area contributed by atoms with Gasteiger partial charge in [-0.1, -0.05) is 0 Å². The number of nitrogens with one attached hydrogen (secondary N) is 1. The van der Waals surface area contributed by atoms with Crippen LogP contribution >= 0.6 is 10.7 Å². The Morgan fingerprint density at radius 2 is 1.62 bits per heavy atom. The van der Waals surface area contributed by atoms with Crippen LogP contribution in [0.3, 0.4) is 0 Å². The molecule has 0 aliphatic carbocycles. The van der Waals surface area contributed by atoms with Gasteiger partial charge in [0.2, 0.25) is 10.0 Å². The highest BCUT2D eigenvalue weighted by atomic mass is 35.7. The molecular formula is C10H14ClNO6S3. The molecule has 0 atom stereocenters. The first-order valence-electron chi connectivity index (χ1n) is 5.54. The molecule has 1 aromatic rings. The Kier molecular flexibility index (Phi) is 5.30. The lowest BCUT2D eigenvalue weighted by molar-refractivity contribution is 0.593. The molecule has 0 heterocycles. The van der Waals surface area contributed by atoms with Crippen molar-refractivity contribution in [3.63, 3.8) is 0 Å². The molecule has 1 aromatic carbocycles. The number of halogens is 1. The van der Waals surface area contributed by atoms with Gasteiger partial charge in [-0.2, -0.15) is 0 Å². The minimum absolute atomic E-state index is 0.122. The third kappa shape index (κ3) is 6.20. The Hall–Kier alpha value is -0.840. The summed E-state index contributed by atoms with van der Waals surface area (Å²) in [6.07, 6.45) is 0.937. The minimum Gasteiger partial charge on any atom is -0.284 e. The van der Waals surface area contributed by atoms with Gasteiger partial charge in [-0.25, -0.2) is 25.3 Å². The maximum atomic E-state index is 11.7. The second kappa shape index (κ2) is 6.11. The van der Waals surface area contributed by atoms with E-state index in [1.165, 1.54) is 25.1 Å². The number of hydrogen-bond acceptors (Lipinski definition) is 6. The van der Waals surface area contributed by atoms with E-state index < -0.39 is 40.4 Å². The van der Waals surface area contributed by atoms with Gasteiger partial charge in [0.25, 0.3) is 9.05 Å². The largest absolute Gasteiger partial charge is 0.284 e. The summed E-state index contributed by atoms with van der Waals surface area (Å²) >= 11 is 0. The van der Waals surface area contributed by atoms with Crippen LogP contribution in [0.2, 0.25) is 0 Å². The highest BCUT2D eigenvalue weighted by Crippen LogP contribution is 2.23. The Balaban J connectivity index is 2.97. The Bertz CT molecular complexity index is 843. The van der Waals surface area contributed by atoms with Gasteiger partial charge < -0.3 is 0 Å². The summed E-state index contributed by atoms with van der Waals surface area (Å²) in [5.41, 5.74) is 0.401. The molecule has 11 heteroatoms. The summed E-state index contributed by atoms with van der Waals surface area (Å²) in [6.45, 7) is 1.46. The predicted molar refractivity (Wildman–Crippen MR) is 81.3 cm³/mol. The van der Waals surface area contributed by atoms with Gasteiger partial charge >= 0.3 is 0 Å². The lowest BCUT2D eigenvalue weighted by atomic mass is 10.2. The zero-order valence-electron chi connectivity index (χ0n) is 11.2. The summed E-state index contributed by atoms with van der Waals surface area (Å²) in [5, 5.41) is 0. The van der Waals surface area contributed by atoms with Crippen molar-refractivity contribution in [2.45, 2.75) is 11.8 Å². The summed E-state index contributed by atoms with van der Waals surface area (Å²) in [4.78, 5) is -0.122. The van der Waals surface area contributed by atoms with Crippen molar-refractivity contribution in [2.75, 3.05) is 22.5 Å². The van der Waals surface area contributed by atoms with Crippen LogP contribution < -0.4 is 4.72 Å². The average molecular weight is 376 g/mol. The first-order chi connectivity index (χ1) is 9.30. The molecule has 0 saturated carbocycles. The first-order valence-corrected chi connectivity index (χ1v) is 11.6. The van der Waals surface area contributed by atoms with E-state index in [1.807, 2.05) is 0 Å². The van der Waals surface area contributed by atoms with E-state index in [4.69, 9.17) is 10.7 Å². The standard InChI is InChI=1S/C10H14ClNO6S3/c1-8-7-9(3-4-10(8)21(11,17)18)12-20(15,16)6-5-19(2,13)14/h3-4,7,12H,5-6H2,1-2H3. The minimum atomic E-state index is -3.91. The van der Waals surface area contributed by atoms with E-state index in [-0.39, 0.29) is 16.1 Å². The van der Waals surface area contributed by atoms with Crippen LogP contribution in [-0.4, -0.2) is 43.0 Å². The third-order valence-electron chi connectivity index (χ3n) is 2.43. The molecule has 21 heavy (non-hydrogen) atoms. The van der Waals surface area contributed by atoms with Crippen LogP contribution in [0.15, 0.2) is 23.1 Å². The second-order valence-corrected chi connectivity index (χ2v) is 11.1. The highest BCUT2D eigenvalue weighted by Gasteiger charge is 2.17. The molecule has 0 aliphatic rings. The van der Waals surface area contributed by atoms with Crippen LogP contribution in [0, 0.1) is 6.92 Å². The zero-order valence-corrected chi connectivity index (χ0v) is 14.4. The Morgan fingerprint density at radius 3 is 2.05 bits per heavy atom. The van der Waals surface area contributed by atoms with Gasteiger partial charge in [0.1, 0.15) is 9.84 Å². The molecule has 1 rings (SSSR count). The lowest BCUT2D eigenvalue weighted by Gasteiger charge is -2.09. The van der Waals surface area contributed by atoms with Gasteiger partial charge in [0.15, 0.2) is 0 Å². The Morgan fingerprint density at radius 1 is 1.05 bits per heavy atom. The van der Waals surface area contributed by atoms with Crippen LogP contribution in [-0.2, 0) is 28.9 Å². The fourth-order valence-electron chi connectivity index (χ4n) is 1.48. The number of sulfone groups is 1. The van der Waals surface area contributed by atoms with Gasteiger partial charge in [0, 0.05) is 22.6 Å². The van der Waals surface area contributed by atoms with E-state index in [0.29, 0.717) is 0 Å². The summed E-state index contributed by atoms with van der Waals surface area (Å²) in [6, 6.07) is 3.71. The number of anilines is 1. The van der Waals surface area contributed by atoms with Crippen molar-refractivity contribution < 1.29 is 25.3 Å². The average Bonchev–Trinajstić information content (AvgIpc) is 2.23. The third-order valence-corrected chi connectivity index (χ3v) is 6.41. The van der Waals surface area contributed by atoms with E-state index in [2.05, 4.69) is 4.72 Å². The number of sulfonamides is 1. The summed E-state index contributed by atoms with van der Waals surface area (Å²) in [5.74, 6) is -1.09. The fraction of sp³-hybridized carbons (Fsp3) is 0.400. The lowest BCUT2D eigenvalue weighted by Crippen LogP contribution is -2.22. The quantitative estimate of drug-likeness (QED) is 0.732. The van der Waals surface area contributed by atoms with Crippen molar-refractivity contribution in [3.8, 4) is 0 Å². The van der Waals surface area contributed by atoms with E-state index in [9.17, 15) is 25.3 Å². The molecule has 0 spiro atoms. The topological polar surface area (TPSA) is 114 Å². The molecule has 0 amide bonds. The molecule has 0 fully saturated rings. The molecule has 120 valence electrons. The van der Waals surface area contributed by atoms with Gasteiger partial charge in [-0.05, 0) is 30.7 Å². The van der Waals surface area contributed by atoms with Gasteiger partial charge in [-0.3, -0.25) is 4.72 Å². The van der Waals surface area contributed by atoms with Gasteiger partial charge in [-0.15, -0.1) is 0 Å². The normalized spacial score (nSPS) is 13.1. The van der Waals surface area contributed by atoms with E-state index in [1.54, 1.807) is 0 Å². The predicted octanol–water partition coefficient (Wildman–Crippen LogP) is 0.709. The summed E-state index contributed by atoms with van der Waals surface area (Å²) < 4.78 is 70.0. The van der Waals surface area contributed by atoms with Crippen molar-refractivity contribution in [1.82, 2.24) is 0 Å². The molecule has 1 N–H and O–H groups in total. The van der Waals surface area contributed by atoms with Crippen molar-refractivity contribution >= 4 is 45.3 Å². The van der Waals surface area contributed by atoms with Crippen molar-refractivity contribution in [3.05, 3.63) is 23.8 Å². The van der Waals surface area contributed by atoms with Gasteiger partial charge in [0.05, 0.1) is 16.4 Å². The number of aryl methyl sites for hydroxylation is 1. The first kappa shape index (κ1) is 18.2. The zero-order chi connectivity index (χ0) is 16.5. The van der Waals surface area contributed by atoms with Crippen LogP contribution in [0.5, 0.6) is 0 Å². The molecular weight excluding hydrogens is 362 g/mol. The van der Waals surface area contributed by atoms with E-state index >= 15 is 0 Å². The molecule has 0 radical (unpaired) electrons. The highest BCUT2D eigenvalue weighted by molar-refractivity contribution is 8.13. The SMILES string of the molecule is Cc1cc(NS(=O)(=O)CCS(C)(=O)=O)ccc1S(=O)(=O)Cl. The molecule has 7 nitrogen and oxygen atoms in total. The molecule has 0 aliphatic heterocycles. The van der Waals surface area contributed by atoms with Crippen LogP contribution in [0.25, 0.3) is 0 Å². The molecule has 0 saturated heterocycles. The van der Waals surface area contributed by atoms with Crippen molar-refractivity contribution in [1.29, 1.82) is 0 Å². The number of hydrogen-bond donors (Lipinski definition) is 1. The van der Waals surface area contributed by atoms with Crippen LogP contribution in [0.4, 0.5) is 5.69 Å². The van der Waals surface area contributed by atoms with Crippen LogP contribution in [0.1, 0.15) is 5.56 Å². The Labute approximate surface area is 128 Å². The maximum absolute atomic E-state index is 11.7.